The lowest BCUT2D eigenvalue weighted by atomic mass is 10.0. The van der Waals surface area contributed by atoms with E-state index in [0.717, 1.165) is 62.0 Å². The Hall–Kier alpha value is -1.74. The minimum Gasteiger partial charge on any atom is -0.478 e. The van der Waals surface area contributed by atoms with Crippen LogP contribution in [0, 0.1) is 0 Å². The molecule has 1 aliphatic carbocycles. The number of carbonyl (C=O) groups is 1. The first-order chi connectivity index (χ1) is 14.3. The van der Waals surface area contributed by atoms with Crippen LogP contribution in [0.2, 0.25) is 0 Å². The van der Waals surface area contributed by atoms with Crippen LogP contribution in [-0.4, -0.2) is 16.8 Å². The summed E-state index contributed by atoms with van der Waals surface area (Å²) in [5, 5.41) is 9.28. The normalized spacial score (nSPS) is 15.6. The summed E-state index contributed by atoms with van der Waals surface area (Å²) in [6.07, 6.45) is 21.7. The summed E-state index contributed by atoms with van der Waals surface area (Å²) in [5.74, 6) is 0.0228. The van der Waals surface area contributed by atoms with E-state index in [4.69, 9.17) is 0 Å². The number of allylic oxidation sites excluding steroid dienone is 9. The van der Waals surface area contributed by atoms with Gasteiger partial charge in [-0.25, -0.2) is 4.79 Å². The van der Waals surface area contributed by atoms with E-state index in [1.54, 1.807) is 11.8 Å². The van der Waals surface area contributed by atoms with Gasteiger partial charge in [0.1, 0.15) is 0 Å². The highest BCUT2D eigenvalue weighted by atomic mass is 32.2. The number of rotatable bonds is 13. The van der Waals surface area contributed by atoms with E-state index >= 15 is 0 Å². The molecular weight excluding hydrogens is 388 g/mol. The average Bonchev–Trinajstić information content (AvgIpc) is 2.68. The molecule has 0 spiro atoms. The van der Waals surface area contributed by atoms with Gasteiger partial charge in [0.15, 0.2) is 0 Å². The zero-order valence-electron chi connectivity index (χ0n) is 19.6. The van der Waals surface area contributed by atoms with Gasteiger partial charge in [0, 0.05) is 10.7 Å². The van der Waals surface area contributed by atoms with E-state index in [-0.39, 0.29) is 0 Å². The van der Waals surface area contributed by atoms with Crippen molar-refractivity contribution in [3.05, 3.63) is 69.2 Å². The van der Waals surface area contributed by atoms with Crippen molar-refractivity contribution < 1.29 is 9.90 Å². The minimum absolute atomic E-state index is 0.470. The first kappa shape index (κ1) is 26.3. The second kappa shape index (κ2) is 15.1. The Kier molecular flexibility index (Phi) is 13.3. The zero-order chi connectivity index (χ0) is 22.4. The Morgan fingerprint density at radius 1 is 0.833 bits per heavy atom. The molecule has 0 fully saturated rings. The van der Waals surface area contributed by atoms with Crippen LogP contribution in [0.15, 0.2) is 69.2 Å². The largest absolute Gasteiger partial charge is 0.478 e. The number of carboxylic acid groups (broad SMARTS) is 1. The number of hydrogen-bond acceptors (Lipinski definition) is 2. The fourth-order valence-corrected chi connectivity index (χ4v) is 4.35. The molecule has 1 rings (SSSR count). The van der Waals surface area contributed by atoms with Crippen molar-refractivity contribution in [1.82, 2.24) is 0 Å². The Bertz CT molecular complexity index is 741. The van der Waals surface area contributed by atoms with Gasteiger partial charge in [0.2, 0.25) is 0 Å². The molecule has 0 atom stereocenters. The maximum Gasteiger partial charge on any atom is 0.336 e. The van der Waals surface area contributed by atoms with Gasteiger partial charge in [-0.2, -0.15) is 0 Å². The van der Waals surface area contributed by atoms with E-state index in [9.17, 15) is 9.90 Å². The molecular formula is C27H40O2S. The highest BCUT2D eigenvalue weighted by Gasteiger charge is 2.15. The summed E-state index contributed by atoms with van der Waals surface area (Å²) in [7, 11) is 0. The third-order valence-corrected chi connectivity index (χ3v) is 6.20. The van der Waals surface area contributed by atoms with Crippen LogP contribution in [0.1, 0.15) is 86.0 Å². The van der Waals surface area contributed by atoms with Crippen LogP contribution in [0.25, 0.3) is 0 Å². The van der Waals surface area contributed by atoms with E-state index in [1.807, 2.05) is 6.08 Å². The SMILES string of the molecule is CC(C)=CCC/C(C)=C/CC/C(C)=C/CC/C(C)=C/CSC1=CCCC=C1C(=O)O. The minimum atomic E-state index is -0.812. The van der Waals surface area contributed by atoms with Crippen LogP contribution in [-0.2, 0) is 4.79 Å². The van der Waals surface area contributed by atoms with Crippen LogP contribution >= 0.6 is 11.8 Å². The maximum absolute atomic E-state index is 11.3. The van der Waals surface area contributed by atoms with Crippen molar-refractivity contribution in [3.8, 4) is 0 Å². The van der Waals surface area contributed by atoms with Crippen LogP contribution in [0.3, 0.4) is 0 Å². The molecule has 0 heterocycles. The van der Waals surface area contributed by atoms with Crippen molar-refractivity contribution >= 4 is 17.7 Å². The van der Waals surface area contributed by atoms with Crippen molar-refractivity contribution in [2.45, 2.75) is 86.0 Å². The van der Waals surface area contributed by atoms with Gasteiger partial charge < -0.3 is 5.11 Å². The number of aliphatic carboxylic acids is 1. The smallest absolute Gasteiger partial charge is 0.336 e. The Morgan fingerprint density at radius 3 is 1.87 bits per heavy atom. The lowest BCUT2D eigenvalue weighted by Crippen LogP contribution is -2.04. The molecule has 0 aliphatic heterocycles. The lowest BCUT2D eigenvalue weighted by molar-refractivity contribution is -0.132. The van der Waals surface area contributed by atoms with Gasteiger partial charge in [-0.05, 0) is 86.0 Å². The molecule has 166 valence electrons. The van der Waals surface area contributed by atoms with Gasteiger partial charge in [-0.1, -0.05) is 58.7 Å². The molecule has 1 N–H and O–H groups in total. The number of thioether (sulfide) groups is 1. The average molecular weight is 429 g/mol. The van der Waals surface area contributed by atoms with Gasteiger partial charge in [-0.3, -0.25) is 0 Å². The standard InChI is InChI=1S/C27H40O2S/c1-21(2)11-8-12-22(3)13-9-14-23(4)15-10-16-24(5)19-20-30-26-18-7-6-17-25(26)27(28)29/h11,13,15,17-19H,6-10,12,14,16,20H2,1-5H3,(H,28,29)/b22-13+,23-15+,24-19+. The third-order valence-electron chi connectivity index (χ3n) is 5.17. The van der Waals surface area contributed by atoms with Crippen molar-refractivity contribution in [2.24, 2.45) is 0 Å². The van der Waals surface area contributed by atoms with Gasteiger partial charge in [0.05, 0.1) is 5.57 Å². The van der Waals surface area contributed by atoms with Crippen molar-refractivity contribution in [3.63, 3.8) is 0 Å². The topological polar surface area (TPSA) is 37.3 Å². The summed E-state index contributed by atoms with van der Waals surface area (Å²) < 4.78 is 0. The van der Waals surface area contributed by atoms with Gasteiger partial charge in [-0.15, -0.1) is 11.8 Å². The predicted molar refractivity (Wildman–Crippen MR) is 134 cm³/mol. The van der Waals surface area contributed by atoms with Crippen LogP contribution in [0.5, 0.6) is 0 Å². The first-order valence-corrected chi connectivity index (χ1v) is 12.1. The highest BCUT2D eigenvalue weighted by Crippen LogP contribution is 2.29. The van der Waals surface area contributed by atoms with Gasteiger partial charge >= 0.3 is 5.97 Å². The molecule has 2 nitrogen and oxygen atoms in total. The molecule has 0 aromatic rings. The van der Waals surface area contributed by atoms with Gasteiger partial charge in [0.25, 0.3) is 0 Å². The van der Waals surface area contributed by atoms with E-state index < -0.39 is 5.97 Å². The zero-order valence-corrected chi connectivity index (χ0v) is 20.4. The molecule has 0 aromatic carbocycles. The molecule has 0 saturated carbocycles. The molecule has 0 unspecified atom stereocenters. The van der Waals surface area contributed by atoms with E-state index in [2.05, 4.69) is 65.0 Å². The summed E-state index contributed by atoms with van der Waals surface area (Å²) in [6.45, 7) is 11.0. The van der Waals surface area contributed by atoms with E-state index in [1.165, 1.54) is 22.3 Å². The fraction of sp³-hybridized carbons (Fsp3) is 0.519. The maximum atomic E-state index is 11.3. The number of hydrogen-bond donors (Lipinski definition) is 1. The quantitative estimate of drug-likeness (QED) is 0.298. The molecule has 0 aromatic heterocycles. The van der Waals surface area contributed by atoms with E-state index in [0.29, 0.717) is 5.57 Å². The van der Waals surface area contributed by atoms with Crippen LogP contribution < -0.4 is 0 Å². The lowest BCUT2D eigenvalue weighted by Gasteiger charge is -2.11. The predicted octanol–water partition coefficient (Wildman–Crippen LogP) is 8.55. The second-order valence-electron chi connectivity index (χ2n) is 8.43. The number of carboxylic acids is 1. The first-order valence-electron chi connectivity index (χ1n) is 11.2. The molecule has 0 radical (unpaired) electrons. The third kappa shape index (κ3) is 12.1. The molecule has 1 aliphatic rings. The summed E-state index contributed by atoms with van der Waals surface area (Å²) in [5.41, 5.74) is 6.20. The molecule has 30 heavy (non-hydrogen) atoms. The fourth-order valence-electron chi connectivity index (χ4n) is 3.24. The summed E-state index contributed by atoms with van der Waals surface area (Å²) in [4.78, 5) is 12.2. The Morgan fingerprint density at radius 2 is 1.33 bits per heavy atom. The second-order valence-corrected chi connectivity index (χ2v) is 9.49. The van der Waals surface area contributed by atoms with Crippen LogP contribution in [0.4, 0.5) is 0 Å². The Balaban J connectivity index is 2.30. The molecule has 0 amide bonds. The summed E-state index contributed by atoms with van der Waals surface area (Å²) >= 11 is 1.63. The molecule has 0 saturated heterocycles. The Labute approximate surface area is 188 Å². The highest BCUT2D eigenvalue weighted by molar-refractivity contribution is 8.03. The van der Waals surface area contributed by atoms with Crippen molar-refractivity contribution in [2.75, 3.05) is 5.75 Å². The monoisotopic (exact) mass is 428 g/mol. The molecule has 3 heteroatoms. The summed E-state index contributed by atoms with van der Waals surface area (Å²) in [6, 6.07) is 0. The molecule has 0 bridgehead atoms. The van der Waals surface area contributed by atoms with Crippen molar-refractivity contribution in [1.29, 1.82) is 0 Å².